The van der Waals surface area contributed by atoms with Gasteiger partial charge in [-0.05, 0) is 13.1 Å². The van der Waals surface area contributed by atoms with Crippen molar-refractivity contribution in [2.24, 2.45) is 0 Å². The maximum Gasteiger partial charge on any atom is 2.00 e. The molecule has 0 fully saturated rings. The van der Waals surface area contributed by atoms with Gasteiger partial charge in [-0.25, -0.2) is 0 Å². The van der Waals surface area contributed by atoms with Crippen LogP contribution in [0.4, 0.5) is 0 Å². The van der Waals surface area contributed by atoms with E-state index in [9.17, 15) is 9.59 Å². The molecule has 2 N–H and O–H groups in total. The smallest absolute Gasteiger partial charge is 0.654 e. The monoisotopic (exact) mass is 369 g/mol. The molecule has 0 heterocycles. The van der Waals surface area contributed by atoms with E-state index in [0.717, 1.165) is 0 Å². The number of carboxylic acids is 2. The van der Waals surface area contributed by atoms with E-state index in [4.69, 9.17) is 10.2 Å². The molecule has 0 unspecified atom stereocenters. The van der Waals surface area contributed by atoms with Crippen molar-refractivity contribution < 1.29 is 40.9 Å². The molecule has 0 saturated carbocycles. The topological polar surface area (TPSA) is 103 Å². The van der Waals surface area contributed by atoms with Gasteiger partial charge in [-0.1, -0.05) is 0 Å². The molecule has 0 atom stereocenters. The maximum absolute atomic E-state index is 9.92. The van der Waals surface area contributed by atoms with E-state index in [2.05, 4.69) is 10.6 Å². The summed E-state index contributed by atoms with van der Waals surface area (Å²) in [5, 5.41) is 23.4. The van der Waals surface area contributed by atoms with Gasteiger partial charge in [-0.15, -0.1) is 0 Å². The molecule has 7 heteroatoms. The molecule has 0 radical (unpaired) electrons. The van der Waals surface area contributed by atoms with Crippen molar-refractivity contribution in [1.29, 1.82) is 0 Å². The molecule has 0 rings (SSSR count). The summed E-state index contributed by atoms with van der Waals surface area (Å²) in [4.78, 5) is 19.8. The Kier molecular flexibility index (Phi) is 11.1. The summed E-state index contributed by atoms with van der Waals surface area (Å²) in [5.74, 6) is -1.98. The zero-order valence-corrected chi connectivity index (χ0v) is 9.02. The van der Waals surface area contributed by atoms with Gasteiger partial charge in [0.2, 0.25) is 0 Å². The average Bonchev–Trinajstić information content (AvgIpc) is 1.95. The predicted octanol–water partition coefficient (Wildman–Crippen LogP) is -0.0995. The van der Waals surface area contributed by atoms with Gasteiger partial charge in [0.15, 0.2) is 0 Å². The standard InChI is InChI=1S/C6H10N2O4.Pt/c9-5(10)3-7-1-2-8-4-6(11)12;/h1-4H2,(H,9,10)(H,11,12);/q-2;+2. The van der Waals surface area contributed by atoms with Crippen molar-refractivity contribution in [2.45, 2.75) is 0 Å². The van der Waals surface area contributed by atoms with Crippen LogP contribution in [0.3, 0.4) is 0 Å². The summed E-state index contributed by atoms with van der Waals surface area (Å²) in [5.41, 5.74) is 0. The van der Waals surface area contributed by atoms with Crippen LogP contribution in [0.5, 0.6) is 0 Å². The number of carboxylic acid groups (broad SMARTS) is 2. The van der Waals surface area contributed by atoms with Crippen LogP contribution >= 0.6 is 0 Å². The Bertz CT molecular complexity index is 147. The fourth-order valence-corrected chi connectivity index (χ4v) is 0.491. The normalized spacial score (nSPS) is 8.92. The molecule has 0 aliphatic rings. The van der Waals surface area contributed by atoms with E-state index < -0.39 is 11.9 Å². The third kappa shape index (κ3) is 14.4. The summed E-state index contributed by atoms with van der Waals surface area (Å²) < 4.78 is 0. The van der Waals surface area contributed by atoms with Crippen LogP contribution in [-0.4, -0.2) is 48.3 Å². The predicted molar refractivity (Wildman–Crippen MR) is 41.5 cm³/mol. The van der Waals surface area contributed by atoms with Gasteiger partial charge in [0.05, 0.1) is 0 Å². The molecule has 0 saturated heterocycles. The van der Waals surface area contributed by atoms with Gasteiger partial charge < -0.3 is 20.8 Å². The number of aliphatic carboxylic acids is 2. The molecule has 13 heavy (non-hydrogen) atoms. The van der Waals surface area contributed by atoms with Crippen LogP contribution in [0.15, 0.2) is 0 Å². The molecular formula is C6H10N2O4Pt. The van der Waals surface area contributed by atoms with Crippen LogP contribution in [0.1, 0.15) is 0 Å². The van der Waals surface area contributed by atoms with Gasteiger partial charge in [-0.2, -0.15) is 13.1 Å². The first-order valence-electron chi connectivity index (χ1n) is 3.33. The number of rotatable bonds is 7. The Morgan fingerprint density at radius 3 is 1.46 bits per heavy atom. The van der Waals surface area contributed by atoms with Gasteiger partial charge in [0.25, 0.3) is 11.9 Å². The third-order valence-corrected chi connectivity index (χ3v) is 0.910. The zero-order valence-electron chi connectivity index (χ0n) is 6.75. The molecule has 0 spiro atoms. The van der Waals surface area contributed by atoms with Crippen LogP contribution < -0.4 is 0 Å². The van der Waals surface area contributed by atoms with E-state index in [1.807, 2.05) is 0 Å². The van der Waals surface area contributed by atoms with E-state index in [-0.39, 0.29) is 47.2 Å². The van der Waals surface area contributed by atoms with Crippen LogP contribution in [0.2, 0.25) is 0 Å². The van der Waals surface area contributed by atoms with Gasteiger partial charge in [0, 0.05) is 0 Å². The van der Waals surface area contributed by atoms with Crippen molar-refractivity contribution in [3.8, 4) is 0 Å². The Morgan fingerprint density at radius 1 is 0.923 bits per heavy atom. The molecule has 0 aliphatic carbocycles. The van der Waals surface area contributed by atoms with E-state index in [1.54, 1.807) is 0 Å². The van der Waals surface area contributed by atoms with E-state index in [1.165, 1.54) is 0 Å². The SMILES string of the molecule is O=C(O)C[N-]CC[N-]CC(=O)O.[Pt+2]. The first-order chi connectivity index (χ1) is 5.63. The molecule has 0 aromatic rings. The molecule has 0 bridgehead atoms. The van der Waals surface area contributed by atoms with Crippen LogP contribution in [0.25, 0.3) is 10.6 Å². The first-order valence-corrected chi connectivity index (χ1v) is 3.33. The van der Waals surface area contributed by atoms with Gasteiger partial charge in [-0.3, -0.25) is 9.59 Å². The van der Waals surface area contributed by atoms with Crippen molar-refractivity contribution >= 4 is 11.9 Å². The number of hydrogen-bond acceptors (Lipinski definition) is 2. The quantitative estimate of drug-likeness (QED) is 0.612. The Balaban J connectivity index is 0. The fourth-order valence-electron chi connectivity index (χ4n) is 0.491. The number of hydrogen-bond donors (Lipinski definition) is 2. The van der Waals surface area contributed by atoms with Crippen molar-refractivity contribution in [3.63, 3.8) is 0 Å². The molecule has 78 valence electrons. The first kappa shape index (κ1) is 15.0. The summed E-state index contributed by atoms with van der Waals surface area (Å²) >= 11 is 0. The van der Waals surface area contributed by atoms with Crippen molar-refractivity contribution in [2.75, 3.05) is 26.2 Å². The van der Waals surface area contributed by atoms with E-state index in [0.29, 0.717) is 0 Å². The van der Waals surface area contributed by atoms with Crippen molar-refractivity contribution in [1.82, 2.24) is 0 Å². The maximum atomic E-state index is 9.92. The zero-order chi connectivity index (χ0) is 9.40. The largest absolute Gasteiger partial charge is 2.00 e. The number of nitrogens with zero attached hydrogens (tertiary/aromatic N) is 2. The fraction of sp³-hybridized carbons (Fsp3) is 0.667. The second-order valence-electron chi connectivity index (χ2n) is 2.00. The summed E-state index contributed by atoms with van der Waals surface area (Å²) in [6.45, 7) is 0.0321. The second kappa shape index (κ2) is 9.63. The molecule has 0 aliphatic heterocycles. The summed E-state index contributed by atoms with van der Waals surface area (Å²) in [6.07, 6.45) is 0. The minimum atomic E-state index is -0.992. The third-order valence-electron chi connectivity index (χ3n) is 0.910. The molecular weight excluding hydrogens is 359 g/mol. The Hall–Kier alpha value is -0.452. The Morgan fingerprint density at radius 2 is 1.23 bits per heavy atom. The van der Waals surface area contributed by atoms with Gasteiger partial charge >= 0.3 is 21.1 Å². The Labute approximate surface area is 90.0 Å². The van der Waals surface area contributed by atoms with Crippen LogP contribution in [0, 0.1) is 0 Å². The molecule has 6 nitrogen and oxygen atoms in total. The van der Waals surface area contributed by atoms with Gasteiger partial charge in [0.1, 0.15) is 0 Å². The summed E-state index contributed by atoms with van der Waals surface area (Å²) in [6, 6.07) is 0. The molecule has 0 amide bonds. The second-order valence-corrected chi connectivity index (χ2v) is 2.00. The summed E-state index contributed by atoms with van der Waals surface area (Å²) in [7, 11) is 0. The minimum absolute atomic E-state index is 0. The average molecular weight is 369 g/mol. The molecule has 0 aromatic carbocycles. The van der Waals surface area contributed by atoms with Crippen LogP contribution in [-0.2, 0) is 30.7 Å². The number of carbonyl (C=O) groups is 2. The minimum Gasteiger partial charge on any atom is -0.654 e. The van der Waals surface area contributed by atoms with Crippen molar-refractivity contribution in [3.05, 3.63) is 10.6 Å². The molecule has 0 aromatic heterocycles. The van der Waals surface area contributed by atoms with E-state index >= 15 is 0 Å².